The standard InChI is InChI=1S/C19H19N2O3P/c1-13-7-6-8-14(2)18(13)24-25-20(15-9-4-3-5-10-15)19(23)16-11-12-17(22)21(16)25/h3-10,16H,11-12H2,1-2H3/t16-,25?/m0/s1. The maximum atomic E-state index is 13.0. The number of rotatable bonds is 3. The summed E-state index contributed by atoms with van der Waals surface area (Å²) in [4.78, 5) is 25.4. The molecule has 2 aliphatic heterocycles. The van der Waals surface area contributed by atoms with Gasteiger partial charge in [0.25, 0.3) is 5.91 Å². The minimum absolute atomic E-state index is 0.00544. The Morgan fingerprint density at radius 2 is 1.68 bits per heavy atom. The first-order chi connectivity index (χ1) is 12.1. The number of fused-ring (bicyclic) bond motifs is 1. The van der Waals surface area contributed by atoms with Crippen LogP contribution in [0.25, 0.3) is 0 Å². The van der Waals surface area contributed by atoms with E-state index in [2.05, 4.69) is 0 Å². The molecule has 2 aromatic carbocycles. The van der Waals surface area contributed by atoms with Crippen molar-refractivity contribution in [3.05, 3.63) is 59.7 Å². The van der Waals surface area contributed by atoms with Crippen LogP contribution in [0.2, 0.25) is 0 Å². The van der Waals surface area contributed by atoms with Gasteiger partial charge in [-0.25, -0.2) is 4.67 Å². The van der Waals surface area contributed by atoms with Gasteiger partial charge in [0, 0.05) is 6.42 Å². The van der Waals surface area contributed by atoms with E-state index in [0.29, 0.717) is 12.8 Å². The van der Waals surface area contributed by atoms with Crippen molar-refractivity contribution in [2.75, 3.05) is 4.67 Å². The Bertz CT molecular complexity index is 820. The number of hydrogen-bond acceptors (Lipinski definition) is 3. The molecule has 2 fully saturated rings. The van der Waals surface area contributed by atoms with Gasteiger partial charge in [0.15, 0.2) is 0 Å². The highest BCUT2D eigenvalue weighted by atomic mass is 31.2. The SMILES string of the molecule is Cc1cccc(C)c1OP1N(c2ccccc2)C(=O)[C@@H]2CCC(=O)N21. The summed E-state index contributed by atoms with van der Waals surface area (Å²) in [6.45, 7) is 3.96. The zero-order chi connectivity index (χ0) is 17.6. The predicted octanol–water partition coefficient (Wildman–Crippen LogP) is 3.95. The van der Waals surface area contributed by atoms with Crippen LogP contribution in [0.5, 0.6) is 5.75 Å². The number of carbonyl (C=O) groups is 2. The number of nitrogens with zero attached hydrogens (tertiary/aromatic N) is 2. The molecule has 4 rings (SSSR count). The van der Waals surface area contributed by atoms with E-state index in [-0.39, 0.29) is 11.8 Å². The molecule has 2 aromatic rings. The van der Waals surface area contributed by atoms with E-state index in [1.165, 1.54) is 0 Å². The third kappa shape index (κ3) is 2.59. The van der Waals surface area contributed by atoms with E-state index >= 15 is 0 Å². The number of hydrogen-bond donors (Lipinski definition) is 0. The van der Waals surface area contributed by atoms with Gasteiger partial charge in [-0.05, 0) is 43.5 Å². The van der Waals surface area contributed by atoms with Crippen LogP contribution in [0, 0.1) is 13.8 Å². The highest BCUT2D eigenvalue weighted by Crippen LogP contribution is 2.58. The Balaban J connectivity index is 1.77. The summed E-state index contributed by atoms with van der Waals surface area (Å²) in [6, 6.07) is 15.0. The van der Waals surface area contributed by atoms with Crippen molar-refractivity contribution < 1.29 is 14.1 Å². The van der Waals surface area contributed by atoms with Crippen molar-refractivity contribution in [3.8, 4) is 5.75 Å². The van der Waals surface area contributed by atoms with E-state index in [0.717, 1.165) is 22.6 Å². The molecule has 2 aliphatic rings. The number of aryl methyl sites for hydroxylation is 2. The average Bonchev–Trinajstić information content (AvgIpc) is 3.11. The first kappa shape index (κ1) is 16.1. The van der Waals surface area contributed by atoms with Crippen LogP contribution in [0.1, 0.15) is 24.0 Å². The number of para-hydroxylation sites is 2. The maximum absolute atomic E-state index is 13.0. The molecule has 2 atom stereocenters. The topological polar surface area (TPSA) is 49.9 Å². The van der Waals surface area contributed by atoms with E-state index < -0.39 is 14.5 Å². The molecule has 0 bridgehead atoms. The third-order valence-electron chi connectivity index (χ3n) is 4.61. The highest BCUT2D eigenvalue weighted by molar-refractivity contribution is 7.55. The molecule has 0 saturated carbocycles. The summed E-state index contributed by atoms with van der Waals surface area (Å²) in [6.07, 6.45) is 0.976. The number of amides is 2. The number of carbonyl (C=O) groups excluding carboxylic acids is 2. The lowest BCUT2D eigenvalue weighted by atomic mass is 10.1. The summed E-state index contributed by atoms with van der Waals surface area (Å²) < 4.78 is 9.67. The quantitative estimate of drug-likeness (QED) is 0.785. The van der Waals surface area contributed by atoms with Crippen molar-refractivity contribution in [2.45, 2.75) is 32.7 Å². The molecule has 2 heterocycles. The zero-order valence-corrected chi connectivity index (χ0v) is 15.1. The summed E-state index contributed by atoms with van der Waals surface area (Å²) in [7, 11) is -1.55. The lowest BCUT2D eigenvalue weighted by Crippen LogP contribution is -2.29. The number of benzene rings is 2. The summed E-state index contributed by atoms with van der Waals surface area (Å²) in [5, 5.41) is 0. The summed E-state index contributed by atoms with van der Waals surface area (Å²) >= 11 is 0. The summed E-state index contributed by atoms with van der Waals surface area (Å²) in [5.74, 6) is 0.700. The summed E-state index contributed by atoms with van der Waals surface area (Å²) in [5.41, 5.74) is 2.77. The van der Waals surface area contributed by atoms with Gasteiger partial charge >= 0.3 is 8.45 Å². The van der Waals surface area contributed by atoms with Crippen molar-refractivity contribution in [1.82, 2.24) is 4.67 Å². The molecular weight excluding hydrogens is 335 g/mol. The van der Waals surface area contributed by atoms with E-state index in [4.69, 9.17) is 4.52 Å². The van der Waals surface area contributed by atoms with Crippen LogP contribution >= 0.6 is 8.45 Å². The second kappa shape index (κ2) is 6.16. The molecule has 2 saturated heterocycles. The van der Waals surface area contributed by atoms with Crippen molar-refractivity contribution in [2.24, 2.45) is 0 Å². The molecule has 0 aliphatic carbocycles. The lowest BCUT2D eigenvalue weighted by molar-refractivity contribution is -0.127. The molecule has 0 aromatic heterocycles. The highest BCUT2D eigenvalue weighted by Gasteiger charge is 2.55. The predicted molar refractivity (Wildman–Crippen MR) is 97.3 cm³/mol. The molecule has 0 radical (unpaired) electrons. The first-order valence-corrected chi connectivity index (χ1v) is 9.49. The molecular formula is C19H19N2O3P. The van der Waals surface area contributed by atoms with Crippen LogP contribution in [0.4, 0.5) is 5.69 Å². The van der Waals surface area contributed by atoms with E-state index in [9.17, 15) is 9.59 Å². The zero-order valence-electron chi connectivity index (χ0n) is 14.2. The van der Waals surface area contributed by atoms with Gasteiger partial charge in [0.1, 0.15) is 11.8 Å². The molecule has 5 nitrogen and oxygen atoms in total. The fourth-order valence-electron chi connectivity index (χ4n) is 3.34. The largest absolute Gasteiger partial charge is 0.435 e. The minimum atomic E-state index is -1.55. The molecule has 0 spiro atoms. The van der Waals surface area contributed by atoms with E-state index in [1.54, 1.807) is 9.34 Å². The Kier molecular flexibility index (Phi) is 3.97. The van der Waals surface area contributed by atoms with Crippen LogP contribution < -0.4 is 9.19 Å². The third-order valence-corrected chi connectivity index (χ3v) is 6.60. The van der Waals surface area contributed by atoms with Crippen LogP contribution in [0.15, 0.2) is 48.5 Å². The van der Waals surface area contributed by atoms with Crippen LogP contribution in [0.3, 0.4) is 0 Å². The second-order valence-corrected chi connectivity index (χ2v) is 7.86. The van der Waals surface area contributed by atoms with Gasteiger partial charge in [0.2, 0.25) is 5.91 Å². The minimum Gasteiger partial charge on any atom is -0.435 e. The fourth-order valence-corrected chi connectivity index (χ4v) is 5.53. The molecule has 6 heteroatoms. The number of anilines is 1. The molecule has 25 heavy (non-hydrogen) atoms. The van der Waals surface area contributed by atoms with Crippen molar-refractivity contribution in [1.29, 1.82) is 0 Å². The monoisotopic (exact) mass is 354 g/mol. The van der Waals surface area contributed by atoms with Gasteiger partial charge in [-0.3, -0.25) is 14.3 Å². The Morgan fingerprint density at radius 1 is 1.00 bits per heavy atom. The average molecular weight is 354 g/mol. The first-order valence-electron chi connectivity index (χ1n) is 8.33. The van der Waals surface area contributed by atoms with Crippen LogP contribution in [-0.4, -0.2) is 22.5 Å². The Morgan fingerprint density at radius 3 is 2.36 bits per heavy atom. The lowest BCUT2D eigenvalue weighted by Gasteiger charge is -2.28. The Hall–Kier alpha value is -2.39. The van der Waals surface area contributed by atoms with Gasteiger partial charge in [-0.2, -0.15) is 0 Å². The Labute approximate surface area is 148 Å². The van der Waals surface area contributed by atoms with Crippen molar-refractivity contribution >= 4 is 26.0 Å². The molecule has 2 amide bonds. The maximum Gasteiger partial charge on any atom is 0.320 e. The van der Waals surface area contributed by atoms with Crippen molar-refractivity contribution in [3.63, 3.8) is 0 Å². The van der Waals surface area contributed by atoms with Crippen LogP contribution in [-0.2, 0) is 9.59 Å². The van der Waals surface area contributed by atoms with Gasteiger partial charge < -0.3 is 4.52 Å². The molecule has 0 N–H and O–H groups in total. The molecule has 128 valence electrons. The molecule has 1 unspecified atom stereocenters. The normalized spacial score (nSPS) is 22.5. The van der Waals surface area contributed by atoms with E-state index in [1.807, 2.05) is 62.4 Å². The van der Waals surface area contributed by atoms with Gasteiger partial charge in [0.05, 0.1) is 5.69 Å². The van der Waals surface area contributed by atoms with Gasteiger partial charge in [-0.1, -0.05) is 36.4 Å². The fraction of sp³-hybridized carbons (Fsp3) is 0.263. The van der Waals surface area contributed by atoms with Gasteiger partial charge in [-0.15, -0.1) is 0 Å². The second-order valence-electron chi connectivity index (χ2n) is 6.34. The smallest absolute Gasteiger partial charge is 0.320 e.